The summed E-state index contributed by atoms with van der Waals surface area (Å²) in [7, 11) is 3.52. The van der Waals surface area contributed by atoms with Crippen LogP contribution in [0.5, 0.6) is 0 Å². The van der Waals surface area contributed by atoms with Gasteiger partial charge >= 0.3 is 0 Å². The lowest BCUT2D eigenvalue weighted by molar-refractivity contribution is -0.129. The Morgan fingerprint density at radius 2 is 1.80 bits per heavy atom. The quantitative estimate of drug-likeness (QED) is 0.583. The van der Waals surface area contributed by atoms with Gasteiger partial charge in [0.25, 0.3) is 0 Å². The number of fused-ring (bicyclic) bond motifs is 2. The fraction of sp³-hybridized carbons (Fsp3) is 0.565. The zero-order chi connectivity index (χ0) is 22.0. The first kappa shape index (κ1) is 22.0. The molecule has 0 saturated carbocycles. The Morgan fingerprint density at radius 3 is 2.47 bits per heavy atom. The second-order valence-electron chi connectivity index (χ2n) is 8.50. The molecule has 2 aromatic rings. The van der Waals surface area contributed by atoms with Crippen LogP contribution >= 0.6 is 0 Å². The van der Waals surface area contributed by atoms with Crippen molar-refractivity contribution >= 4 is 34.3 Å². The van der Waals surface area contributed by atoms with Crippen LogP contribution in [0.1, 0.15) is 61.5 Å². The maximum absolute atomic E-state index is 12.5. The molecule has 0 unspecified atom stereocenters. The average Bonchev–Trinajstić information content (AvgIpc) is 2.82. The van der Waals surface area contributed by atoms with Crippen LogP contribution in [-0.2, 0) is 33.8 Å². The average molecular weight is 413 g/mol. The Hall–Kier alpha value is -2.70. The Labute approximate surface area is 177 Å². The van der Waals surface area contributed by atoms with E-state index in [4.69, 9.17) is 4.98 Å². The fourth-order valence-electron chi connectivity index (χ4n) is 4.25. The number of carbonyl (C=O) groups excluding carboxylic acids is 3. The lowest BCUT2D eigenvalue weighted by Gasteiger charge is -2.16. The summed E-state index contributed by atoms with van der Waals surface area (Å²) in [6.07, 6.45) is 5.28. The van der Waals surface area contributed by atoms with Crippen molar-refractivity contribution in [3.8, 4) is 0 Å². The summed E-state index contributed by atoms with van der Waals surface area (Å²) in [5.41, 5.74) is 5.85. The zero-order valence-corrected chi connectivity index (χ0v) is 18.7. The van der Waals surface area contributed by atoms with Crippen molar-refractivity contribution in [2.24, 2.45) is 0 Å². The van der Waals surface area contributed by atoms with Crippen molar-refractivity contribution in [3.63, 3.8) is 0 Å². The lowest BCUT2D eigenvalue weighted by Crippen LogP contribution is -2.23. The van der Waals surface area contributed by atoms with Crippen molar-refractivity contribution in [1.29, 1.82) is 0 Å². The largest absolute Gasteiger partial charge is 0.349 e. The highest BCUT2D eigenvalue weighted by Gasteiger charge is 2.24. The molecule has 1 N–H and O–H groups in total. The standard InChI is InChI=1S/C23H32N4O3/c1-14(28)13-19(29)25-22-17-9-7-6-8-10-18(17)24-23-21(22)15(2)16(3)27(23)12-11-20(30)26(4)5/h6-13H2,1-5H3,(H,24,25,29). The molecule has 30 heavy (non-hydrogen) atoms. The number of carbonyl (C=O) groups is 3. The highest BCUT2D eigenvalue weighted by atomic mass is 16.2. The summed E-state index contributed by atoms with van der Waals surface area (Å²) in [5, 5.41) is 3.98. The Morgan fingerprint density at radius 1 is 1.10 bits per heavy atom. The number of aromatic nitrogens is 2. The fourth-order valence-corrected chi connectivity index (χ4v) is 4.25. The summed E-state index contributed by atoms with van der Waals surface area (Å²) in [6.45, 7) is 6.03. The normalized spacial score (nSPS) is 13.6. The maximum atomic E-state index is 12.5. The molecular weight excluding hydrogens is 380 g/mol. The molecule has 0 saturated heterocycles. The Kier molecular flexibility index (Phi) is 6.58. The van der Waals surface area contributed by atoms with E-state index in [0.29, 0.717) is 13.0 Å². The van der Waals surface area contributed by atoms with Gasteiger partial charge in [-0.3, -0.25) is 14.4 Å². The lowest BCUT2D eigenvalue weighted by atomic mass is 10.0. The van der Waals surface area contributed by atoms with E-state index in [1.807, 2.05) is 13.8 Å². The summed E-state index contributed by atoms with van der Waals surface area (Å²) >= 11 is 0. The molecule has 3 rings (SSSR count). The molecule has 0 atom stereocenters. The first-order chi connectivity index (χ1) is 14.2. The highest BCUT2D eigenvalue weighted by Crippen LogP contribution is 2.37. The minimum atomic E-state index is -0.283. The second-order valence-corrected chi connectivity index (χ2v) is 8.50. The Balaban J connectivity index is 2.15. The van der Waals surface area contributed by atoms with Crippen molar-refractivity contribution in [1.82, 2.24) is 14.5 Å². The monoisotopic (exact) mass is 412 g/mol. The minimum Gasteiger partial charge on any atom is -0.349 e. The van der Waals surface area contributed by atoms with Crippen LogP contribution in [0.15, 0.2) is 0 Å². The van der Waals surface area contributed by atoms with Crippen LogP contribution in [0.4, 0.5) is 5.69 Å². The number of hydrogen-bond acceptors (Lipinski definition) is 4. The third-order valence-electron chi connectivity index (χ3n) is 6.01. The molecule has 1 aliphatic carbocycles. The van der Waals surface area contributed by atoms with Crippen molar-refractivity contribution in [2.45, 2.75) is 72.3 Å². The summed E-state index contributed by atoms with van der Waals surface area (Å²) < 4.78 is 2.10. The number of amides is 2. The van der Waals surface area contributed by atoms with Crippen LogP contribution in [-0.4, -0.2) is 46.1 Å². The molecule has 0 aliphatic heterocycles. The maximum Gasteiger partial charge on any atom is 0.231 e. The summed E-state index contributed by atoms with van der Waals surface area (Å²) in [4.78, 5) is 42.8. The third-order valence-corrected chi connectivity index (χ3v) is 6.01. The molecule has 0 spiro atoms. The first-order valence-corrected chi connectivity index (χ1v) is 10.7. The molecule has 2 aromatic heterocycles. The van der Waals surface area contributed by atoms with E-state index in [-0.39, 0.29) is 24.0 Å². The third kappa shape index (κ3) is 4.40. The first-order valence-electron chi connectivity index (χ1n) is 10.7. The van der Waals surface area contributed by atoms with Crippen LogP contribution in [0.3, 0.4) is 0 Å². The highest BCUT2D eigenvalue weighted by molar-refractivity contribution is 6.09. The predicted octanol–water partition coefficient (Wildman–Crippen LogP) is 3.32. The van der Waals surface area contributed by atoms with E-state index in [0.717, 1.165) is 71.3 Å². The molecule has 2 heterocycles. The topological polar surface area (TPSA) is 84.3 Å². The van der Waals surface area contributed by atoms with Crippen LogP contribution in [0, 0.1) is 13.8 Å². The molecule has 1 aliphatic rings. The summed E-state index contributed by atoms with van der Waals surface area (Å²) in [5.74, 6) is -0.371. The van der Waals surface area contributed by atoms with Gasteiger partial charge in [-0.05, 0) is 57.6 Å². The molecule has 0 aromatic carbocycles. The van der Waals surface area contributed by atoms with E-state index >= 15 is 0 Å². The number of nitrogens with one attached hydrogen (secondary N) is 1. The second kappa shape index (κ2) is 8.98. The van der Waals surface area contributed by atoms with Gasteiger partial charge in [-0.25, -0.2) is 4.98 Å². The van der Waals surface area contributed by atoms with E-state index in [1.54, 1.807) is 19.0 Å². The predicted molar refractivity (Wildman–Crippen MR) is 118 cm³/mol. The number of pyridine rings is 1. The van der Waals surface area contributed by atoms with E-state index in [9.17, 15) is 14.4 Å². The number of anilines is 1. The number of Topliss-reactive ketones (excluding diaryl/α,β-unsaturated/α-hetero) is 1. The van der Waals surface area contributed by atoms with Gasteiger partial charge in [0.2, 0.25) is 11.8 Å². The van der Waals surface area contributed by atoms with Crippen LogP contribution in [0.2, 0.25) is 0 Å². The zero-order valence-electron chi connectivity index (χ0n) is 18.7. The summed E-state index contributed by atoms with van der Waals surface area (Å²) in [6, 6.07) is 0. The molecule has 7 nitrogen and oxygen atoms in total. The molecule has 0 fully saturated rings. The van der Waals surface area contributed by atoms with Gasteiger partial charge in [0.1, 0.15) is 11.4 Å². The number of ketones is 1. The molecular formula is C23H32N4O3. The number of nitrogens with zero attached hydrogens (tertiary/aromatic N) is 3. The van der Waals surface area contributed by atoms with Gasteiger partial charge < -0.3 is 14.8 Å². The van der Waals surface area contributed by atoms with Crippen LogP contribution in [0.25, 0.3) is 11.0 Å². The van der Waals surface area contributed by atoms with Crippen molar-refractivity contribution < 1.29 is 14.4 Å². The van der Waals surface area contributed by atoms with Crippen molar-refractivity contribution in [2.75, 3.05) is 19.4 Å². The van der Waals surface area contributed by atoms with Gasteiger partial charge in [0.15, 0.2) is 0 Å². The number of aryl methyl sites for hydroxylation is 3. The minimum absolute atomic E-state index is 0.0682. The SMILES string of the molecule is CC(=O)CC(=O)Nc1c2c(nc3c1c(C)c(C)n3CCC(=O)N(C)C)CCCCC2. The van der Waals surface area contributed by atoms with Gasteiger partial charge in [0, 0.05) is 43.8 Å². The van der Waals surface area contributed by atoms with Gasteiger partial charge in [0.05, 0.1) is 12.1 Å². The smallest absolute Gasteiger partial charge is 0.231 e. The Bertz CT molecular complexity index is 1000. The van der Waals surface area contributed by atoms with E-state index in [2.05, 4.69) is 9.88 Å². The van der Waals surface area contributed by atoms with Crippen LogP contribution < -0.4 is 5.32 Å². The molecule has 7 heteroatoms. The van der Waals surface area contributed by atoms with Gasteiger partial charge in [-0.1, -0.05) is 6.42 Å². The molecule has 0 radical (unpaired) electrons. The molecule has 162 valence electrons. The molecule has 0 bridgehead atoms. The molecule has 2 amide bonds. The van der Waals surface area contributed by atoms with Gasteiger partial charge in [-0.15, -0.1) is 0 Å². The van der Waals surface area contributed by atoms with Gasteiger partial charge in [-0.2, -0.15) is 0 Å². The number of rotatable bonds is 6. The van der Waals surface area contributed by atoms with E-state index < -0.39 is 0 Å². The van der Waals surface area contributed by atoms with Crippen molar-refractivity contribution in [3.05, 3.63) is 22.5 Å². The number of hydrogen-bond donors (Lipinski definition) is 1. The van der Waals surface area contributed by atoms with E-state index in [1.165, 1.54) is 6.92 Å².